The summed E-state index contributed by atoms with van der Waals surface area (Å²) in [6.45, 7) is 5.08. The number of benzene rings is 1. The average molecular weight is 271 g/mol. The van der Waals surface area contributed by atoms with Crippen molar-refractivity contribution >= 4 is 23.2 Å². The first kappa shape index (κ1) is 14.4. The Labute approximate surface area is 110 Å². The molecule has 0 N–H and O–H groups in total. The van der Waals surface area contributed by atoms with Crippen LogP contribution in [0, 0.1) is 10.1 Å². The molecule has 1 rings (SSSR count). The van der Waals surface area contributed by atoms with Crippen LogP contribution in [0.25, 0.3) is 0 Å². The molecule has 0 radical (unpaired) electrons. The molecule has 1 aromatic rings. The summed E-state index contributed by atoms with van der Waals surface area (Å²) in [5.41, 5.74) is 0.540. The second-order valence-electron chi connectivity index (χ2n) is 3.78. The number of halogens is 1. The van der Waals surface area contributed by atoms with E-state index < -0.39 is 4.92 Å². The number of hydrogen-bond donors (Lipinski definition) is 0. The van der Waals surface area contributed by atoms with Gasteiger partial charge in [-0.2, -0.15) is 0 Å². The lowest BCUT2D eigenvalue weighted by Crippen LogP contribution is -2.31. The molecule has 0 spiro atoms. The normalized spacial score (nSPS) is 10.2. The van der Waals surface area contributed by atoms with Crippen LogP contribution in [-0.2, 0) is 11.2 Å². The molecular weight excluding hydrogens is 256 g/mol. The minimum atomic E-state index is -0.512. The zero-order chi connectivity index (χ0) is 13.7. The monoisotopic (exact) mass is 270 g/mol. The zero-order valence-electron chi connectivity index (χ0n) is 10.4. The van der Waals surface area contributed by atoms with Crippen LogP contribution >= 0.6 is 11.6 Å². The van der Waals surface area contributed by atoms with Gasteiger partial charge >= 0.3 is 0 Å². The molecular formula is C12H15ClN2O3. The van der Waals surface area contributed by atoms with Crippen LogP contribution in [-0.4, -0.2) is 28.8 Å². The summed E-state index contributed by atoms with van der Waals surface area (Å²) in [5, 5.41) is 10.8. The lowest BCUT2D eigenvalue weighted by atomic mass is 10.1. The maximum Gasteiger partial charge on any atom is 0.270 e. The van der Waals surface area contributed by atoms with Gasteiger partial charge in [-0.15, -0.1) is 0 Å². The molecule has 0 aliphatic carbocycles. The Bertz CT molecular complexity index is 459. The van der Waals surface area contributed by atoms with E-state index in [1.807, 2.05) is 13.8 Å². The summed E-state index contributed by atoms with van der Waals surface area (Å²) in [5.74, 6) is -0.0317. The molecule has 0 aliphatic rings. The van der Waals surface area contributed by atoms with E-state index >= 15 is 0 Å². The third kappa shape index (κ3) is 3.43. The van der Waals surface area contributed by atoms with Crippen LogP contribution < -0.4 is 0 Å². The summed E-state index contributed by atoms with van der Waals surface area (Å²) < 4.78 is 0. The Hall–Kier alpha value is -1.62. The van der Waals surface area contributed by atoms with Crippen molar-refractivity contribution in [3.8, 4) is 0 Å². The number of nitrogens with zero attached hydrogens (tertiary/aromatic N) is 2. The molecule has 0 bridgehead atoms. The number of likely N-dealkylation sites (N-methyl/N-ethyl adjacent to an activating group) is 1. The van der Waals surface area contributed by atoms with Crippen molar-refractivity contribution in [2.24, 2.45) is 0 Å². The van der Waals surface area contributed by atoms with E-state index in [1.54, 1.807) is 4.90 Å². The third-order valence-corrected chi connectivity index (χ3v) is 3.06. The maximum absolute atomic E-state index is 11.9. The second-order valence-corrected chi connectivity index (χ2v) is 4.18. The fourth-order valence-electron chi connectivity index (χ4n) is 1.64. The SMILES string of the molecule is CCN(CC)C(=O)Cc1ccc([N+](=O)[O-])cc1Cl. The lowest BCUT2D eigenvalue weighted by molar-refractivity contribution is -0.384. The fraction of sp³-hybridized carbons (Fsp3) is 0.417. The van der Waals surface area contributed by atoms with Crippen molar-refractivity contribution in [2.75, 3.05) is 13.1 Å². The predicted molar refractivity (Wildman–Crippen MR) is 69.7 cm³/mol. The van der Waals surface area contributed by atoms with E-state index in [0.29, 0.717) is 18.7 Å². The van der Waals surface area contributed by atoms with Crippen LogP contribution in [0.3, 0.4) is 0 Å². The number of rotatable bonds is 5. The molecule has 0 atom stereocenters. The first-order valence-corrected chi connectivity index (χ1v) is 6.08. The van der Waals surface area contributed by atoms with Gasteiger partial charge in [0, 0.05) is 25.2 Å². The molecule has 1 aromatic carbocycles. The van der Waals surface area contributed by atoms with Gasteiger partial charge in [-0.05, 0) is 19.4 Å². The van der Waals surface area contributed by atoms with Crippen LogP contribution in [0.15, 0.2) is 18.2 Å². The van der Waals surface area contributed by atoms with Crippen molar-refractivity contribution in [3.05, 3.63) is 38.9 Å². The number of non-ortho nitro benzene ring substituents is 1. The van der Waals surface area contributed by atoms with Gasteiger partial charge in [0.05, 0.1) is 16.4 Å². The molecule has 0 unspecified atom stereocenters. The predicted octanol–water partition coefficient (Wildman–Crippen LogP) is 2.66. The van der Waals surface area contributed by atoms with Gasteiger partial charge in [0.15, 0.2) is 0 Å². The Morgan fingerprint density at radius 3 is 2.44 bits per heavy atom. The Balaban J connectivity index is 2.86. The number of carbonyl (C=O) groups excluding carboxylic acids is 1. The van der Waals surface area contributed by atoms with Crippen LogP contribution in [0.4, 0.5) is 5.69 Å². The van der Waals surface area contributed by atoms with E-state index in [2.05, 4.69) is 0 Å². The third-order valence-electron chi connectivity index (χ3n) is 2.71. The summed E-state index contributed by atoms with van der Waals surface area (Å²) >= 11 is 5.93. The number of carbonyl (C=O) groups is 1. The largest absolute Gasteiger partial charge is 0.343 e. The summed E-state index contributed by atoms with van der Waals surface area (Å²) in [6.07, 6.45) is 0.165. The number of nitro benzene ring substituents is 1. The van der Waals surface area contributed by atoms with Crippen molar-refractivity contribution in [1.29, 1.82) is 0 Å². The standard InChI is InChI=1S/C12H15ClN2O3/c1-3-14(4-2)12(16)7-9-5-6-10(15(17)18)8-11(9)13/h5-6,8H,3-4,7H2,1-2H3. The Kier molecular flexibility index (Phi) is 5.09. The van der Waals surface area contributed by atoms with Gasteiger partial charge in [0.25, 0.3) is 5.69 Å². The molecule has 0 heterocycles. The van der Waals surface area contributed by atoms with E-state index in [-0.39, 0.29) is 23.0 Å². The number of hydrogen-bond acceptors (Lipinski definition) is 3. The molecule has 18 heavy (non-hydrogen) atoms. The molecule has 5 nitrogen and oxygen atoms in total. The van der Waals surface area contributed by atoms with Crippen LogP contribution in [0.1, 0.15) is 19.4 Å². The smallest absolute Gasteiger partial charge is 0.270 e. The summed E-state index contributed by atoms with van der Waals surface area (Å²) in [7, 11) is 0. The van der Waals surface area contributed by atoms with Crippen molar-refractivity contribution < 1.29 is 9.72 Å². The number of amides is 1. The van der Waals surface area contributed by atoms with Crippen molar-refractivity contribution in [3.63, 3.8) is 0 Å². The zero-order valence-corrected chi connectivity index (χ0v) is 11.1. The molecule has 6 heteroatoms. The molecule has 0 aromatic heterocycles. The quantitative estimate of drug-likeness (QED) is 0.610. The van der Waals surface area contributed by atoms with Gasteiger partial charge in [0.1, 0.15) is 0 Å². The molecule has 98 valence electrons. The highest BCUT2D eigenvalue weighted by molar-refractivity contribution is 6.31. The van der Waals surface area contributed by atoms with E-state index in [0.717, 1.165) is 0 Å². The van der Waals surface area contributed by atoms with Gasteiger partial charge in [-0.25, -0.2) is 0 Å². The highest BCUT2D eigenvalue weighted by Gasteiger charge is 2.15. The highest BCUT2D eigenvalue weighted by Crippen LogP contribution is 2.23. The van der Waals surface area contributed by atoms with E-state index in [9.17, 15) is 14.9 Å². The molecule has 0 fully saturated rings. The minimum Gasteiger partial charge on any atom is -0.343 e. The lowest BCUT2D eigenvalue weighted by Gasteiger charge is -2.18. The fourth-order valence-corrected chi connectivity index (χ4v) is 1.89. The summed E-state index contributed by atoms with van der Waals surface area (Å²) in [6, 6.07) is 4.16. The Morgan fingerprint density at radius 1 is 1.39 bits per heavy atom. The first-order chi connectivity index (χ1) is 8.49. The highest BCUT2D eigenvalue weighted by atomic mass is 35.5. The van der Waals surface area contributed by atoms with E-state index in [1.165, 1.54) is 18.2 Å². The second kappa shape index (κ2) is 6.35. The molecule has 0 saturated heterocycles. The average Bonchev–Trinajstić information content (AvgIpc) is 2.33. The van der Waals surface area contributed by atoms with Crippen molar-refractivity contribution in [1.82, 2.24) is 4.90 Å². The molecule has 0 aliphatic heterocycles. The van der Waals surface area contributed by atoms with Crippen LogP contribution in [0.5, 0.6) is 0 Å². The minimum absolute atomic E-state index is 0.0317. The number of nitro groups is 1. The van der Waals surface area contributed by atoms with Gasteiger partial charge in [0.2, 0.25) is 5.91 Å². The van der Waals surface area contributed by atoms with E-state index in [4.69, 9.17) is 11.6 Å². The summed E-state index contributed by atoms with van der Waals surface area (Å²) in [4.78, 5) is 23.6. The van der Waals surface area contributed by atoms with Crippen LogP contribution in [0.2, 0.25) is 5.02 Å². The van der Waals surface area contributed by atoms with Gasteiger partial charge in [-0.1, -0.05) is 17.7 Å². The molecule has 0 saturated carbocycles. The van der Waals surface area contributed by atoms with Crippen molar-refractivity contribution in [2.45, 2.75) is 20.3 Å². The van der Waals surface area contributed by atoms with Gasteiger partial charge in [-0.3, -0.25) is 14.9 Å². The topological polar surface area (TPSA) is 63.5 Å². The molecule has 1 amide bonds. The maximum atomic E-state index is 11.9. The first-order valence-electron chi connectivity index (χ1n) is 5.70. The van der Waals surface area contributed by atoms with Gasteiger partial charge < -0.3 is 4.90 Å². The Morgan fingerprint density at radius 2 is 2.00 bits per heavy atom.